The van der Waals surface area contributed by atoms with E-state index in [1.165, 1.54) is 12.3 Å². The van der Waals surface area contributed by atoms with Crippen LogP contribution in [0.25, 0.3) is 21.9 Å². The van der Waals surface area contributed by atoms with Crippen LogP contribution in [0, 0.1) is 11.6 Å². The summed E-state index contributed by atoms with van der Waals surface area (Å²) in [5.41, 5.74) is 1.18. The van der Waals surface area contributed by atoms with E-state index in [0.717, 1.165) is 12.1 Å². The molecule has 0 aliphatic carbocycles. The van der Waals surface area contributed by atoms with Gasteiger partial charge in [0.1, 0.15) is 35.3 Å². The van der Waals surface area contributed by atoms with Gasteiger partial charge in [-0.25, -0.2) is 13.6 Å². The summed E-state index contributed by atoms with van der Waals surface area (Å²) in [6, 6.07) is 8.48. The Kier molecular flexibility index (Phi) is 5.98. The van der Waals surface area contributed by atoms with Crippen LogP contribution in [0.4, 0.5) is 8.78 Å². The number of fused-ring (bicyclic) bond motifs is 2. The molecule has 2 N–H and O–H groups in total. The number of nitrogens with one attached hydrogen (secondary N) is 1. The molecule has 5 nitrogen and oxygen atoms in total. The summed E-state index contributed by atoms with van der Waals surface area (Å²) in [6.45, 7) is -0.0117. The molecule has 142 valence electrons. The van der Waals surface area contributed by atoms with E-state index in [1.807, 2.05) is 0 Å². The van der Waals surface area contributed by atoms with Crippen LogP contribution >= 0.6 is 24.8 Å². The molecule has 0 amide bonds. The van der Waals surface area contributed by atoms with Crippen molar-refractivity contribution in [3.05, 3.63) is 65.6 Å². The molecule has 2 aromatic heterocycles. The van der Waals surface area contributed by atoms with Crippen molar-refractivity contribution in [1.82, 2.24) is 4.98 Å². The van der Waals surface area contributed by atoms with Crippen molar-refractivity contribution in [3.63, 3.8) is 0 Å². The Balaban J connectivity index is 0.00000131. The van der Waals surface area contributed by atoms with E-state index < -0.39 is 17.6 Å². The van der Waals surface area contributed by atoms with Gasteiger partial charge >= 0.3 is 5.97 Å². The minimum absolute atomic E-state index is 0. The molecule has 0 aliphatic rings. The number of hydrogen-bond donors (Lipinski definition) is 2. The van der Waals surface area contributed by atoms with Gasteiger partial charge in [0.25, 0.3) is 0 Å². The Bertz CT molecular complexity index is 1120. The van der Waals surface area contributed by atoms with E-state index in [0.29, 0.717) is 22.2 Å². The van der Waals surface area contributed by atoms with Crippen molar-refractivity contribution in [1.29, 1.82) is 0 Å². The second-order valence-electron chi connectivity index (χ2n) is 5.52. The second-order valence-corrected chi connectivity index (χ2v) is 5.52. The summed E-state index contributed by atoms with van der Waals surface area (Å²) >= 11 is 0. The fraction of sp³-hybridized carbons (Fsp3) is 0.0556. The number of carboxylic acid groups (broad SMARTS) is 1. The highest BCUT2D eigenvalue weighted by Crippen LogP contribution is 2.30. The number of furan rings is 1. The molecule has 0 spiro atoms. The molecule has 0 saturated heterocycles. The van der Waals surface area contributed by atoms with Crippen LogP contribution in [-0.2, 0) is 6.61 Å². The van der Waals surface area contributed by atoms with Gasteiger partial charge in [-0.1, -0.05) is 6.07 Å². The summed E-state index contributed by atoms with van der Waals surface area (Å²) in [5, 5.41) is 9.83. The molecule has 0 fully saturated rings. The second kappa shape index (κ2) is 7.85. The van der Waals surface area contributed by atoms with Gasteiger partial charge in [-0.15, -0.1) is 24.8 Å². The maximum absolute atomic E-state index is 14.0. The Morgan fingerprint density at radius 3 is 2.70 bits per heavy atom. The van der Waals surface area contributed by atoms with Gasteiger partial charge < -0.3 is 19.2 Å². The van der Waals surface area contributed by atoms with Crippen molar-refractivity contribution in [3.8, 4) is 5.75 Å². The zero-order valence-corrected chi connectivity index (χ0v) is 15.1. The molecule has 0 saturated carbocycles. The summed E-state index contributed by atoms with van der Waals surface area (Å²) < 4.78 is 38.1. The number of carboxylic acids is 1. The number of aromatic nitrogens is 1. The molecule has 9 heteroatoms. The molecule has 2 aromatic carbocycles. The van der Waals surface area contributed by atoms with E-state index in [-0.39, 0.29) is 48.1 Å². The van der Waals surface area contributed by atoms with Crippen LogP contribution in [0.1, 0.15) is 16.1 Å². The molecule has 0 radical (unpaired) electrons. The van der Waals surface area contributed by atoms with E-state index in [9.17, 15) is 13.6 Å². The SMILES string of the molecule is Cl.Cl.O=C(O)c1cc2c(OCc3coc4cc(F)cc(F)c34)cccc2[nH]1. The van der Waals surface area contributed by atoms with Gasteiger partial charge in [-0.3, -0.25) is 0 Å². The average molecular weight is 416 g/mol. The van der Waals surface area contributed by atoms with Gasteiger partial charge in [0.05, 0.1) is 11.6 Å². The minimum Gasteiger partial charge on any atom is -0.488 e. The van der Waals surface area contributed by atoms with Crippen LogP contribution in [0.5, 0.6) is 5.75 Å². The van der Waals surface area contributed by atoms with E-state index in [1.54, 1.807) is 18.2 Å². The van der Waals surface area contributed by atoms with Gasteiger partial charge in [0.15, 0.2) is 0 Å². The van der Waals surface area contributed by atoms with Crippen LogP contribution in [0.3, 0.4) is 0 Å². The van der Waals surface area contributed by atoms with Crippen LogP contribution in [0.15, 0.2) is 47.1 Å². The Morgan fingerprint density at radius 2 is 1.96 bits per heavy atom. The zero-order valence-electron chi connectivity index (χ0n) is 13.5. The number of benzene rings is 2. The van der Waals surface area contributed by atoms with E-state index >= 15 is 0 Å². The molecule has 27 heavy (non-hydrogen) atoms. The molecular formula is C18H13Cl2F2NO4. The van der Waals surface area contributed by atoms with Gasteiger partial charge in [-0.05, 0) is 18.2 Å². The molecule has 2 heterocycles. The molecule has 0 atom stereocenters. The summed E-state index contributed by atoms with van der Waals surface area (Å²) in [6.07, 6.45) is 1.31. The maximum atomic E-state index is 14.0. The van der Waals surface area contributed by atoms with Crippen LogP contribution in [0.2, 0.25) is 0 Å². The van der Waals surface area contributed by atoms with Gasteiger partial charge in [0.2, 0.25) is 0 Å². The monoisotopic (exact) mass is 415 g/mol. The highest BCUT2D eigenvalue weighted by atomic mass is 35.5. The van der Waals surface area contributed by atoms with E-state index in [2.05, 4.69) is 4.98 Å². The Labute approximate surface area is 163 Å². The first kappa shape index (κ1) is 20.5. The number of aromatic carboxylic acids is 1. The standard InChI is InChI=1S/C18H11F2NO4.2ClH/c19-10-4-12(20)17-9(8-25-16(17)5-10)7-24-15-3-1-2-13-11(15)6-14(21-13)18(22)23;;/h1-6,8,21H,7H2,(H,22,23);2*1H. The molecule has 4 aromatic rings. The molecule has 4 rings (SSSR count). The number of H-pyrrole nitrogens is 1. The number of carbonyl (C=O) groups is 1. The van der Waals surface area contributed by atoms with Crippen molar-refractivity contribution < 1.29 is 27.8 Å². The third-order valence-electron chi connectivity index (χ3n) is 3.91. The van der Waals surface area contributed by atoms with Gasteiger partial charge in [0, 0.05) is 28.6 Å². The lowest BCUT2D eigenvalue weighted by Crippen LogP contribution is -1.96. The number of ether oxygens (including phenoxy) is 1. The molecule has 0 bridgehead atoms. The lowest BCUT2D eigenvalue weighted by Gasteiger charge is -2.06. The number of rotatable bonds is 4. The summed E-state index contributed by atoms with van der Waals surface area (Å²) in [7, 11) is 0. The average Bonchev–Trinajstić information content (AvgIpc) is 3.16. The number of aromatic amines is 1. The maximum Gasteiger partial charge on any atom is 0.352 e. The Hall–Kier alpha value is -2.77. The normalized spacial score (nSPS) is 10.4. The van der Waals surface area contributed by atoms with Crippen molar-refractivity contribution >= 4 is 52.7 Å². The quantitative estimate of drug-likeness (QED) is 0.473. The molecular weight excluding hydrogens is 403 g/mol. The first-order valence-electron chi connectivity index (χ1n) is 7.36. The zero-order chi connectivity index (χ0) is 17.6. The highest BCUT2D eigenvalue weighted by Gasteiger charge is 2.15. The van der Waals surface area contributed by atoms with Crippen LogP contribution < -0.4 is 4.74 Å². The number of hydrogen-bond acceptors (Lipinski definition) is 3. The fourth-order valence-corrected chi connectivity index (χ4v) is 2.78. The summed E-state index contributed by atoms with van der Waals surface area (Å²) in [5.74, 6) is -2.08. The lowest BCUT2D eigenvalue weighted by atomic mass is 10.1. The minimum atomic E-state index is -1.08. The first-order valence-corrected chi connectivity index (χ1v) is 7.36. The van der Waals surface area contributed by atoms with Crippen molar-refractivity contribution in [2.24, 2.45) is 0 Å². The fourth-order valence-electron chi connectivity index (χ4n) is 2.78. The predicted octanol–water partition coefficient (Wildman–Crippen LogP) is 5.31. The lowest BCUT2D eigenvalue weighted by molar-refractivity contribution is 0.0691. The highest BCUT2D eigenvalue weighted by molar-refractivity contribution is 5.96. The van der Waals surface area contributed by atoms with Crippen molar-refractivity contribution in [2.75, 3.05) is 0 Å². The third kappa shape index (κ3) is 3.70. The van der Waals surface area contributed by atoms with Crippen LogP contribution in [-0.4, -0.2) is 16.1 Å². The van der Waals surface area contributed by atoms with Gasteiger partial charge in [-0.2, -0.15) is 0 Å². The van der Waals surface area contributed by atoms with Crippen molar-refractivity contribution in [2.45, 2.75) is 6.61 Å². The third-order valence-corrected chi connectivity index (χ3v) is 3.91. The topological polar surface area (TPSA) is 75.5 Å². The van der Waals surface area contributed by atoms with E-state index in [4.69, 9.17) is 14.3 Å². The summed E-state index contributed by atoms with van der Waals surface area (Å²) in [4.78, 5) is 13.9. The molecule has 0 aliphatic heterocycles. The smallest absolute Gasteiger partial charge is 0.352 e. The molecule has 0 unspecified atom stereocenters. The largest absolute Gasteiger partial charge is 0.488 e. The Morgan fingerprint density at radius 1 is 1.19 bits per heavy atom. The predicted molar refractivity (Wildman–Crippen MR) is 100 cm³/mol. The number of halogens is 4. The first-order chi connectivity index (χ1) is 12.0.